The summed E-state index contributed by atoms with van der Waals surface area (Å²) in [6, 6.07) is 13.7. The highest BCUT2D eigenvalue weighted by atomic mass is 79.9. The van der Waals surface area contributed by atoms with Crippen LogP contribution in [0.2, 0.25) is 0 Å². The Morgan fingerprint density at radius 3 is 2.65 bits per heavy atom. The molecule has 3 rings (SSSR count). The first kappa shape index (κ1) is 18.1. The summed E-state index contributed by atoms with van der Waals surface area (Å²) < 4.78 is 2.72. The molecular formula is C18H15BrN4O2S. The molecular weight excluding hydrogens is 416 g/mol. The van der Waals surface area contributed by atoms with Crippen molar-refractivity contribution >= 4 is 44.9 Å². The van der Waals surface area contributed by atoms with Gasteiger partial charge in [-0.15, -0.1) is 0 Å². The van der Waals surface area contributed by atoms with Crippen LogP contribution in [-0.2, 0) is 6.54 Å². The van der Waals surface area contributed by atoms with E-state index in [1.54, 1.807) is 41.2 Å². The van der Waals surface area contributed by atoms with Gasteiger partial charge in [-0.1, -0.05) is 18.2 Å². The fourth-order valence-corrected chi connectivity index (χ4v) is 2.83. The van der Waals surface area contributed by atoms with Crippen LogP contribution in [0.5, 0.6) is 5.75 Å². The first-order chi connectivity index (χ1) is 12.5. The zero-order chi connectivity index (χ0) is 18.5. The quantitative estimate of drug-likeness (QED) is 0.551. The Morgan fingerprint density at radius 2 is 2.00 bits per heavy atom. The molecule has 3 aromatic rings. The van der Waals surface area contributed by atoms with Gasteiger partial charge in [0.1, 0.15) is 5.75 Å². The Labute approximate surface area is 164 Å². The first-order valence-corrected chi connectivity index (χ1v) is 8.88. The van der Waals surface area contributed by atoms with Gasteiger partial charge in [0.2, 0.25) is 0 Å². The number of anilines is 1. The van der Waals surface area contributed by atoms with E-state index in [4.69, 9.17) is 12.2 Å². The number of phenols is 1. The SMILES string of the molecule is O=C(NC(=S)Nc1cccc(O)c1)c1ccc(Cn2cc(Br)cn2)cc1. The number of hydrogen-bond acceptors (Lipinski definition) is 4. The number of halogens is 1. The van der Waals surface area contributed by atoms with Crippen LogP contribution in [0.25, 0.3) is 0 Å². The Balaban J connectivity index is 1.58. The summed E-state index contributed by atoms with van der Waals surface area (Å²) in [6.45, 7) is 0.616. The number of nitrogens with zero attached hydrogens (tertiary/aromatic N) is 2. The molecule has 1 heterocycles. The van der Waals surface area contributed by atoms with Gasteiger partial charge in [-0.05, 0) is 58.0 Å². The molecule has 0 saturated carbocycles. The second kappa shape index (κ2) is 8.11. The van der Waals surface area contributed by atoms with Gasteiger partial charge in [0, 0.05) is 23.5 Å². The minimum Gasteiger partial charge on any atom is -0.508 e. The topological polar surface area (TPSA) is 79.2 Å². The van der Waals surface area contributed by atoms with Crippen LogP contribution < -0.4 is 10.6 Å². The van der Waals surface area contributed by atoms with Gasteiger partial charge in [0.05, 0.1) is 17.2 Å². The number of aromatic nitrogens is 2. The lowest BCUT2D eigenvalue weighted by Crippen LogP contribution is -2.34. The van der Waals surface area contributed by atoms with Gasteiger partial charge in [-0.3, -0.25) is 14.8 Å². The second-order valence-electron chi connectivity index (χ2n) is 5.51. The van der Waals surface area contributed by atoms with E-state index >= 15 is 0 Å². The summed E-state index contributed by atoms with van der Waals surface area (Å²) in [5.74, 6) is -0.194. The van der Waals surface area contributed by atoms with Gasteiger partial charge in [0.25, 0.3) is 5.91 Å². The second-order valence-corrected chi connectivity index (χ2v) is 6.84. The molecule has 0 aliphatic rings. The molecule has 1 aromatic heterocycles. The maximum atomic E-state index is 12.3. The molecule has 0 fully saturated rings. The van der Waals surface area contributed by atoms with Crippen molar-refractivity contribution in [2.75, 3.05) is 5.32 Å². The largest absolute Gasteiger partial charge is 0.508 e. The molecule has 0 aliphatic heterocycles. The summed E-state index contributed by atoms with van der Waals surface area (Å²) >= 11 is 8.49. The Bertz CT molecular complexity index is 940. The lowest BCUT2D eigenvalue weighted by atomic mass is 10.1. The molecule has 3 N–H and O–H groups in total. The van der Waals surface area contributed by atoms with Gasteiger partial charge in [0.15, 0.2) is 5.11 Å². The van der Waals surface area contributed by atoms with Crippen LogP contribution in [0, 0.1) is 0 Å². The molecule has 6 nitrogen and oxygen atoms in total. The number of hydrogen-bond donors (Lipinski definition) is 3. The first-order valence-electron chi connectivity index (χ1n) is 7.68. The van der Waals surface area contributed by atoms with Crippen LogP contribution in [0.1, 0.15) is 15.9 Å². The number of benzene rings is 2. The number of thiocarbonyl (C=S) groups is 1. The average Bonchev–Trinajstić information content (AvgIpc) is 3.00. The van der Waals surface area contributed by atoms with Crippen LogP contribution in [0.4, 0.5) is 5.69 Å². The fourth-order valence-electron chi connectivity index (χ4n) is 2.29. The van der Waals surface area contributed by atoms with Crippen molar-refractivity contribution in [3.05, 3.63) is 76.5 Å². The predicted molar refractivity (Wildman–Crippen MR) is 107 cm³/mol. The molecule has 0 aliphatic carbocycles. The van der Waals surface area contributed by atoms with Crippen molar-refractivity contribution in [3.63, 3.8) is 0 Å². The molecule has 0 bridgehead atoms. The summed E-state index contributed by atoms with van der Waals surface area (Å²) in [5.41, 5.74) is 2.11. The van der Waals surface area contributed by atoms with Crippen LogP contribution in [0.3, 0.4) is 0 Å². The molecule has 0 unspecified atom stereocenters. The lowest BCUT2D eigenvalue weighted by Gasteiger charge is -2.10. The van der Waals surface area contributed by atoms with E-state index < -0.39 is 0 Å². The standard InChI is InChI=1S/C18H15BrN4O2S/c19-14-9-20-23(11-14)10-12-4-6-13(7-5-12)17(25)22-18(26)21-15-2-1-3-16(24)8-15/h1-9,11,24H,10H2,(H2,21,22,25,26). The van der Waals surface area contributed by atoms with Crippen LogP contribution in [0.15, 0.2) is 65.4 Å². The van der Waals surface area contributed by atoms with Crippen molar-refractivity contribution < 1.29 is 9.90 Å². The maximum absolute atomic E-state index is 12.3. The molecule has 1 amide bonds. The number of nitrogens with one attached hydrogen (secondary N) is 2. The Morgan fingerprint density at radius 1 is 1.23 bits per heavy atom. The summed E-state index contributed by atoms with van der Waals surface area (Å²) in [6.07, 6.45) is 3.61. The maximum Gasteiger partial charge on any atom is 0.257 e. The van der Waals surface area contributed by atoms with E-state index in [2.05, 4.69) is 31.7 Å². The van der Waals surface area contributed by atoms with E-state index in [-0.39, 0.29) is 16.8 Å². The molecule has 0 saturated heterocycles. The molecule has 0 atom stereocenters. The fraction of sp³-hybridized carbons (Fsp3) is 0.0556. The molecule has 132 valence electrons. The third-order valence-electron chi connectivity index (χ3n) is 3.49. The van der Waals surface area contributed by atoms with E-state index in [1.807, 2.05) is 18.3 Å². The summed E-state index contributed by atoms with van der Waals surface area (Å²) in [5, 5.41) is 19.3. The summed E-state index contributed by atoms with van der Waals surface area (Å²) in [7, 11) is 0. The minimum absolute atomic E-state index is 0.115. The minimum atomic E-state index is -0.309. The molecule has 2 aromatic carbocycles. The van der Waals surface area contributed by atoms with Crippen molar-refractivity contribution in [1.82, 2.24) is 15.1 Å². The zero-order valence-electron chi connectivity index (χ0n) is 13.5. The Kier molecular flexibility index (Phi) is 5.65. The van der Waals surface area contributed by atoms with Crippen molar-refractivity contribution in [2.45, 2.75) is 6.54 Å². The van der Waals surface area contributed by atoms with Gasteiger partial charge in [-0.2, -0.15) is 5.10 Å². The molecule has 0 radical (unpaired) electrons. The lowest BCUT2D eigenvalue weighted by molar-refractivity contribution is 0.0977. The number of amides is 1. The summed E-state index contributed by atoms with van der Waals surface area (Å²) in [4.78, 5) is 12.3. The third-order valence-corrected chi connectivity index (χ3v) is 4.11. The van der Waals surface area contributed by atoms with Gasteiger partial charge in [-0.25, -0.2) is 0 Å². The van der Waals surface area contributed by atoms with E-state index in [9.17, 15) is 9.90 Å². The molecule has 8 heteroatoms. The number of aromatic hydroxyl groups is 1. The van der Waals surface area contributed by atoms with E-state index in [0.717, 1.165) is 10.0 Å². The van der Waals surface area contributed by atoms with Crippen molar-refractivity contribution in [2.24, 2.45) is 0 Å². The number of carbonyl (C=O) groups is 1. The van der Waals surface area contributed by atoms with E-state index in [1.165, 1.54) is 6.07 Å². The number of rotatable bonds is 4. The third kappa shape index (κ3) is 4.90. The van der Waals surface area contributed by atoms with Gasteiger partial charge >= 0.3 is 0 Å². The van der Waals surface area contributed by atoms with Crippen molar-refractivity contribution in [1.29, 1.82) is 0 Å². The smallest absolute Gasteiger partial charge is 0.257 e. The zero-order valence-corrected chi connectivity index (χ0v) is 15.9. The molecule has 0 spiro atoms. The highest BCUT2D eigenvalue weighted by Gasteiger charge is 2.08. The van der Waals surface area contributed by atoms with Crippen molar-refractivity contribution in [3.8, 4) is 5.75 Å². The number of carbonyl (C=O) groups excluding carboxylic acids is 1. The van der Waals surface area contributed by atoms with Gasteiger partial charge < -0.3 is 10.4 Å². The highest BCUT2D eigenvalue weighted by molar-refractivity contribution is 9.10. The Hall–Kier alpha value is -2.71. The van der Waals surface area contributed by atoms with E-state index in [0.29, 0.717) is 17.8 Å². The predicted octanol–water partition coefficient (Wildman–Crippen LogP) is 3.53. The normalized spacial score (nSPS) is 10.3. The van der Waals surface area contributed by atoms with Crippen LogP contribution in [-0.4, -0.2) is 25.9 Å². The highest BCUT2D eigenvalue weighted by Crippen LogP contribution is 2.15. The number of phenolic OH excluding ortho intramolecular Hbond substituents is 1. The molecule has 26 heavy (non-hydrogen) atoms. The van der Waals surface area contributed by atoms with Crippen LogP contribution >= 0.6 is 28.1 Å². The monoisotopic (exact) mass is 430 g/mol. The average molecular weight is 431 g/mol.